The van der Waals surface area contributed by atoms with Crippen LogP contribution < -0.4 is 5.32 Å². The third-order valence-electron chi connectivity index (χ3n) is 4.03. The molecule has 0 aromatic heterocycles. The van der Waals surface area contributed by atoms with Gasteiger partial charge >= 0.3 is 0 Å². The molecule has 0 radical (unpaired) electrons. The van der Waals surface area contributed by atoms with Crippen LogP contribution in [0.5, 0.6) is 0 Å². The predicted molar refractivity (Wildman–Crippen MR) is 85.7 cm³/mol. The lowest BCUT2D eigenvalue weighted by Crippen LogP contribution is -2.48. The van der Waals surface area contributed by atoms with Gasteiger partial charge < -0.3 is 15.2 Å². The third kappa shape index (κ3) is 4.80. The van der Waals surface area contributed by atoms with Gasteiger partial charge in [0.25, 0.3) is 0 Å². The Morgan fingerprint density at radius 3 is 3.00 bits per heavy atom. The molecule has 22 heavy (non-hydrogen) atoms. The van der Waals surface area contributed by atoms with E-state index in [0.717, 1.165) is 29.8 Å². The Labute approximate surface area is 132 Å². The summed E-state index contributed by atoms with van der Waals surface area (Å²) < 4.78 is 5.65. The van der Waals surface area contributed by atoms with Gasteiger partial charge in [0.2, 0.25) is 5.91 Å². The molecule has 0 spiro atoms. The summed E-state index contributed by atoms with van der Waals surface area (Å²) in [4.78, 5) is 13.2. The maximum Gasteiger partial charge on any atom is 0.216 e. The molecule has 1 saturated heterocycles. The molecule has 0 saturated carbocycles. The molecule has 1 aliphatic heterocycles. The summed E-state index contributed by atoms with van der Waals surface area (Å²) in [6.07, 6.45) is -0.511. The Morgan fingerprint density at radius 2 is 2.27 bits per heavy atom. The summed E-state index contributed by atoms with van der Waals surface area (Å²) in [5.41, 5.74) is 3.26. The van der Waals surface area contributed by atoms with E-state index in [9.17, 15) is 9.90 Å². The first-order valence-corrected chi connectivity index (χ1v) is 7.79. The van der Waals surface area contributed by atoms with E-state index in [1.54, 1.807) is 0 Å². The number of rotatable bonds is 5. The molecule has 122 valence electrons. The highest BCUT2D eigenvalue weighted by Gasteiger charge is 2.23. The molecule has 0 unspecified atom stereocenters. The van der Waals surface area contributed by atoms with Crippen molar-refractivity contribution in [1.82, 2.24) is 10.2 Å². The first-order valence-electron chi connectivity index (χ1n) is 7.79. The first kappa shape index (κ1) is 16.9. The average molecular weight is 306 g/mol. The Balaban J connectivity index is 1.91. The van der Waals surface area contributed by atoms with Crippen molar-refractivity contribution >= 4 is 5.91 Å². The SMILES string of the molecule is CC(=O)NC[C@H]1CN(C[C@@H](O)c2cc(C)ccc2C)CCO1. The lowest BCUT2D eigenvalue weighted by atomic mass is 10.0. The third-order valence-corrected chi connectivity index (χ3v) is 4.03. The fraction of sp³-hybridized carbons (Fsp3) is 0.588. The van der Waals surface area contributed by atoms with Gasteiger partial charge in [-0.15, -0.1) is 0 Å². The number of hydrogen-bond donors (Lipinski definition) is 2. The number of aryl methyl sites for hydroxylation is 2. The zero-order valence-electron chi connectivity index (χ0n) is 13.6. The van der Waals surface area contributed by atoms with Crippen molar-refractivity contribution in [3.8, 4) is 0 Å². The van der Waals surface area contributed by atoms with Crippen LogP contribution in [0.3, 0.4) is 0 Å². The molecule has 5 heteroatoms. The second-order valence-electron chi connectivity index (χ2n) is 6.07. The Hall–Kier alpha value is -1.43. The molecule has 1 amide bonds. The van der Waals surface area contributed by atoms with Crippen LogP contribution in [0.1, 0.15) is 29.7 Å². The summed E-state index contributed by atoms with van der Waals surface area (Å²) in [6, 6.07) is 6.16. The summed E-state index contributed by atoms with van der Waals surface area (Å²) in [5, 5.41) is 13.3. The van der Waals surface area contributed by atoms with Crippen LogP contribution in [-0.2, 0) is 9.53 Å². The summed E-state index contributed by atoms with van der Waals surface area (Å²) in [6.45, 7) is 8.83. The molecular weight excluding hydrogens is 280 g/mol. The van der Waals surface area contributed by atoms with E-state index in [0.29, 0.717) is 19.7 Å². The lowest BCUT2D eigenvalue weighted by Gasteiger charge is -2.34. The highest BCUT2D eigenvalue weighted by molar-refractivity contribution is 5.72. The Morgan fingerprint density at radius 1 is 1.50 bits per heavy atom. The molecule has 1 aromatic rings. The number of β-amino-alcohol motifs (C(OH)–C–C–N with tert-alkyl or cyclic N) is 1. The molecule has 0 bridgehead atoms. The van der Waals surface area contributed by atoms with Crippen LogP contribution in [0.25, 0.3) is 0 Å². The highest BCUT2D eigenvalue weighted by Crippen LogP contribution is 2.21. The quantitative estimate of drug-likeness (QED) is 0.857. The van der Waals surface area contributed by atoms with Gasteiger partial charge in [0, 0.05) is 33.1 Å². The molecule has 0 aliphatic carbocycles. The van der Waals surface area contributed by atoms with Crippen LogP contribution in [0.4, 0.5) is 0 Å². The van der Waals surface area contributed by atoms with Crippen molar-refractivity contribution in [2.45, 2.75) is 33.0 Å². The van der Waals surface area contributed by atoms with Crippen molar-refractivity contribution in [3.63, 3.8) is 0 Å². The molecule has 1 fully saturated rings. The topological polar surface area (TPSA) is 61.8 Å². The van der Waals surface area contributed by atoms with E-state index in [4.69, 9.17) is 4.74 Å². The van der Waals surface area contributed by atoms with Gasteiger partial charge in [0.05, 0.1) is 18.8 Å². The molecule has 2 N–H and O–H groups in total. The number of carbonyl (C=O) groups is 1. The van der Waals surface area contributed by atoms with E-state index in [1.807, 2.05) is 19.9 Å². The van der Waals surface area contributed by atoms with Crippen LogP contribution in [0.2, 0.25) is 0 Å². The fourth-order valence-electron chi connectivity index (χ4n) is 2.79. The zero-order chi connectivity index (χ0) is 16.1. The molecule has 5 nitrogen and oxygen atoms in total. The first-order chi connectivity index (χ1) is 10.5. The number of aliphatic hydroxyl groups is 1. The van der Waals surface area contributed by atoms with Crippen LogP contribution in [-0.4, -0.2) is 54.8 Å². The van der Waals surface area contributed by atoms with E-state index >= 15 is 0 Å². The van der Waals surface area contributed by atoms with Gasteiger partial charge in [0.15, 0.2) is 0 Å². The van der Waals surface area contributed by atoms with Gasteiger partial charge in [-0.2, -0.15) is 0 Å². The molecular formula is C17H26N2O3. The number of carbonyl (C=O) groups excluding carboxylic acids is 1. The monoisotopic (exact) mass is 306 g/mol. The van der Waals surface area contributed by atoms with Gasteiger partial charge in [-0.3, -0.25) is 9.69 Å². The molecule has 1 aliphatic rings. The molecule has 1 heterocycles. The van der Waals surface area contributed by atoms with Crippen LogP contribution in [0.15, 0.2) is 18.2 Å². The minimum Gasteiger partial charge on any atom is -0.387 e. The van der Waals surface area contributed by atoms with E-state index in [2.05, 4.69) is 22.3 Å². The minimum atomic E-state index is -0.501. The van der Waals surface area contributed by atoms with E-state index in [1.165, 1.54) is 6.92 Å². The van der Waals surface area contributed by atoms with Gasteiger partial charge in [-0.25, -0.2) is 0 Å². The lowest BCUT2D eigenvalue weighted by molar-refractivity contribution is -0.120. The molecule has 1 aromatic carbocycles. The van der Waals surface area contributed by atoms with Gasteiger partial charge in [0.1, 0.15) is 0 Å². The second kappa shape index (κ2) is 7.72. The summed E-state index contributed by atoms with van der Waals surface area (Å²) >= 11 is 0. The Bertz CT molecular complexity index is 519. The van der Waals surface area contributed by atoms with Crippen LogP contribution >= 0.6 is 0 Å². The second-order valence-corrected chi connectivity index (χ2v) is 6.07. The normalized spacial score (nSPS) is 20.6. The van der Waals surface area contributed by atoms with Crippen molar-refractivity contribution < 1.29 is 14.6 Å². The molecule has 2 atom stereocenters. The van der Waals surface area contributed by atoms with Gasteiger partial charge in [-0.1, -0.05) is 23.8 Å². The highest BCUT2D eigenvalue weighted by atomic mass is 16.5. The predicted octanol–water partition coefficient (Wildman–Crippen LogP) is 1.17. The number of ether oxygens (including phenoxy) is 1. The maximum absolute atomic E-state index is 11.0. The minimum absolute atomic E-state index is 0.0107. The van der Waals surface area contributed by atoms with Crippen molar-refractivity contribution in [2.75, 3.05) is 32.8 Å². The number of hydrogen-bond acceptors (Lipinski definition) is 4. The summed E-state index contributed by atoms with van der Waals surface area (Å²) in [7, 11) is 0. The van der Waals surface area contributed by atoms with Crippen molar-refractivity contribution in [3.05, 3.63) is 34.9 Å². The Kier molecular flexibility index (Phi) is 5.94. The molecule has 2 rings (SSSR count). The largest absolute Gasteiger partial charge is 0.387 e. The van der Waals surface area contributed by atoms with Crippen molar-refractivity contribution in [1.29, 1.82) is 0 Å². The fourth-order valence-corrected chi connectivity index (χ4v) is 2.79. The summed E-state index contributed by atoms with van der Waals surface area (Å²) in [5.74, 6) is -0.0452. The van der Waals surface area contributed by atoms with Crippen LogP contribution in [0, 0.1) is 13.8 Å². The number of amides is 1. The number of nitrogens with zero attached hydrogens (tertiary/aromatic N) is 1. The zero-order valence-corrected chi connectivity index (χ0v) is 13.6. The van der Waals surface area contributed by atoms with E-state index in [-0.39, 0.29) is 12.0 Å². The number of aliphatic hydroxyl groups excluding tert-OH is 1. The van der Waals surface area contributed by atoms with E-state index < -0.39 is 6.10 Å². The maximum atomic E-state index is 11.0. The smallest absolute Gasteiger partial charge is 0.216 e. The van der Waals surface area contributed by atoms with Gasteiger partial charge in [-0.05, 0) is 25.0 Å². The number of morpholine rings is 1. The number of nitrogens with one attached hydrogen (secondary N) is 1. The average Bonchev–Trinajstić information content (AvgIpc) is 2.48. The van der Waals surface area contributed by atoms with Crippen molar-refractivity contribution in [2.24, 2.45) is 0 Å². The standard InChI is InChI=1S/C17H26N2O3/c1-12-4-5-13(2)16(8-12)17(21)11-19-6-7-22-15(10-19)9-18-14(3)20/h4-5,8,15,17,21H,6-7,9-11H2,1-3H3,(H,18,20)/t15-,17+/m0/s1. The number of benzene rings is 1.